The highest BCUT2D eigenvalue weighted by molar-refractivity contribution is 4.95. The van der Waals surface area contributed by atoms with Crippen LogP contribution in [0.15, 0.2) is 12.2 Å². The zero-order valence-electron chi connectivity index (χ0n) is 33.8. The summed E-state index contributed by atoms with van der Waals surface area (Å²) < 4.78 is 4.25. The number of unbranched alkanes of at least 4 members (excludes halogenated alkanes) is 24. The molecule has 1 nitrogen and oxygen atoms in total. The van der Waals surface area contributed by atoms with Gasteiger partial charge in [0.1, 0.15) is 0 Å². The van der Waals surface area contributed by atoms with E-state index >= 15 is 0 Å². The summed E-state index contributed by atoms with van der Waals surface area (Å²) >= 11 is 0. The van der Waals surface area contributed by atoms with Crippen LogP contribution in [0.3, 0.4) is 0 Å². The molecule has 0 aromatic heterocycles. The van der Waals surface area contributed by atoms with Gasteiger partial charge in [-0.2, -0.15) is 0 Å². The van der Waals surface area contributed by atoms with Crippen LogP contribution in [-0.4, -0.2) is 14.2 Å². The van der Waals surface area contributed by atoms with E-state index in [1.54, 1.807) is 19.8 Å². The van der Waals surface area contributed by atoms with Gasteiger partial charge in [-0.25, -0.2) is 0 Å². The third kappa shape index (κ3) is 56.4. The highest BCUT2D eigenvalue weighted by Crippen LogP contribution is 2.27. The van der Waals surface area contributed by atoms with E-state index in [-0.39, 0.29) is 0 Å². The van der Waals surface area contributed by atoms with Crippen LogP contribution >= 0.6 is 0 Å². The van der Waals surface area contributed by atoms with E-state index in [4.69, 9.17) is 0 Å². The monoisotopic (exact) mass is 639 g/mol. The summed E-state index contributed by atoms with van der Waals surface area (Å²) in [5, 5.41) is 0. The van der Waals surface area contributed by atoms with Gasteiger partial charge in [0.05, 0.1) is 0 Å². The first-order valence-electron chi connectivity index (χ1n) is 21.1. The SMILES string of the molecule is C=C(CCCCCCCC)CC(CCCCCCCC)CCCCCCCC.CC.CCCCCCCCCCCC.COC. The molecule has 0 aliphatic carbocycles. The molecule has 1 heteroatoms. The molecule has 0 aliphatic heterocycles. The van der Waals surface area contributed by atoms with Crippen molar-refractivity contribution < 1.29 is 4.74 Å². The number of ether oxygens (including phenoxy) is 1. The van der Waals surface area contributed by atoms with Gasteiger partial charge >= 0.3 is 0 Å². The van der Waals surface area contributed by atoms with Gasteiger partial charge in [0.2, 0.25) is 0 Å². The maximum absolute atomic E-state index is 4.47. The second-order valence-corrected chi connectivity index (χ2v) is 13.7. The van der Waals surface area contributed by atoms with Crippen molar-refractivity contribution in [1.82, 2.24) is 0 Å². The fraction of sp³-hybridized carbons (Fsp3) is 0.955. The molecule has 0 saturated heterocycles. The number of rotatable bonds is 32. The molecule has 0 N–H and O–H groups in total. The van der Waals surface area contributed by atoms with E-state index in [2.05, 4.69) is 45.9 Å². The minimum atomic E-state index is 0.921. The molecular weight excluding hydrogens is 544 g/mol. The first-order valence-corrected chi connectivity index (χ1v) is 21.1. The maximum Gasteiger partial charge on any atom is 0.0351 e. The summed E-state index contributed by atoms with van der Waals surface area (Å²) in [6, 6.07) is 0. The van der Waals surface area contributed by atoms with Crippen LogP contribution in [0.4, 0.5) is 0 Å². The zero-order chi connectivity index (χ0) is 34.5. The standard InChI is InChI=1S/C28H56.C12H26.C2H6O.C2H6/c1-5-8-11-14-17-20-23-27(4)26-28(24-21-18-15-12-9-6-2)25-22-19-16-13-10-7-3;1-3-5-7-9-11-12-10-8-6-4-2;1-3-2;1-2/h28H,4-26H2,1-3H3;3-12H2,1-2H3;1-2H3;1-2H3. The molecule has 0 aliphatic rings. The minimum Gasteiger partial charge on any atom is -0.388 e. The molecule has 276 valence electrons. The van der Waals surface area contributed by atoms with Crippen molar-refractivity contribution in [2.24, 2.45) is 5.92 Å². The fourth-order valence-corrected chi connectivity index (χ4v) is 6.00. The molecule has 0 atom stereocenters. The van der Waals surface area contributed by atoms with Crippen molar-refractivity contribution in [3.63, 3.8) is 0 Å². The van der Waals surface area contributed by atoms with Gasteiger partial charge in [0, 0.05) is 14.2 Å². The predicted molar refractivity (Wildman–Crippen MR) is 213 cm³/mol. The lowest BCUT2D eigenvalue weighted by Gasteiger charge is -2.18. The van der Waals surface area contributed by atoms with Gasteiger partial charge in [0.15, 0.2) is 0 Å². The molecule has 0 saturated carbocycles. The van der Waals surface area contributed by atoms with E-state index in [9.17, 15) is 0 Å². The molecule has 0 rings (SSSR count). The molecule has 0 aromatic carbocycles. The maximum atomic E-state index is 4.47. The zero-order valence-corrected chi connectivity index (χ0v) is 33.8. The summed E-state index contributed by atoms with van der Waals surface area (Å²) in [4.78, 5) is 0. The molecular formula is C44H94O. The predicted octanol–water partition coefficient (Wildman–Crippen LogP) is 17.0. The Morgan fingerprint density at radius 2 is 0.622 bits per heavy atom. The highest BCUT2D eigenvalue weighted by atomic mass is 16.4. The van der Waals surface area contributed by atoms with Crippen LogP contribution in [0.2, 0.25) is 0 Å². The van der Waals surface area contributed by atoms with E-state index in [1.165, 1.54) is 205 Å². The molecule has 0 aromatic rings. The number of hydrogen-bond acceptors (Lipinski definition) is 1. The van der Waals surface area contributed by atoms with E-state index < -0.39 is 0 Å². The van der Waals surface area contributed by atoms with Gasteiger partial charge in [-0.3, -0.25) is 0 Å². The fourth-order valence-electron chi connectivity index (χ4n) is 6.00. The Labute approximate surface area is 290 Å². The van der Waals surface area contributed by atoms with Gasteiger partial charge < -0.3 is 4.74 Å². The van der Waals surface area contributed by atoms with E-state index in [1.807, 2.05) is 13.8 Å². The van der Waals surface area contributed by atoms with E-state index in [0.717, 1.165) is 5.92 Å². The summed E-state index contributed by atoms with van der Waals surface area (Å²) in [5.74, 6) is 0.921. The average Bonchev–Trinajstić information content (AvgIpc) is 3.05. The van der Waals surface area contributed by atoms with E-state index in [0.29, 0.717) is 0 Å². The Bertz CT molecular complexity index is 430. The largest absolute Gasteiger partial charge is 0.388 e. The third-order valence-corrected chi connectivity index (χ3v) is 8.85. The summed E-state index contributed by atoms with van der Waals surface area (Å²) in [5.41, 5.74) is 1.55. The van der Waals surface area contributed by atoms with Crippen LogP contribution < -0.4 is 0 Å². The summed E-state index contributed by atoms with van der Waals surface area (Å²) in [6.45, 7) is 19.9. The molecule has 0 unspecified atom stereocenters. The van der Waals surface area contributed by atoms with Gasteiger partial charge in [-0.05, 0) is 25.2 Å². The normalized spacial score (nSPS) is 10.4. The lowest BCUT2D eigenvalue weighted by atomic mass is 9.87. The topological polar surface area (TPSA) is 9.23 Å². The van der Waals surface area contributed by atoms with Crippen LogP contribution in [-0.2, 0) is 4.74 Å². The van der Waals surface area contributed by atoms with Crippen molar-refractivity contribution in [2.45, 2.75) is 254 Å². The quantitative estimate of drug-likeness (QED) is 0.0526. The first kappa shape index (κ1) is 51.5. The lowest BCUT2D eigenvalue weighted by Crippen LogP contribution is -2.03. The Morgan fingerprint density at radius 1 is 0.400 bits per heavy atom. The molecule has 0 fully saturated rings. The van der Waals surface area contributed by atoms with Gasteiger partial charge in [-0.1, -0.05) is 247 Å². The average molecular weight is 639 g/mol. The van der Waals surface area contributed by atoms with Gasteiger partial charge in [0.25, 0.3) is 0 Å². The summed E-state index contributed by atoms with van der Waals surface area (Å²) in [6.07, 6.45) is 45.6. The van der Waals surface area contributed by atoms with Crippen molar-refractivity contribution >= 4 is 0 Å². The van der Waals surface area contributed by atoms with Crippen molar-refractivity contribution in [1.29, 1.82) is 0 Å². The molecule has 0 heterocycles. The number of hydrogen-bond donors (Lipinski definition) is 0. The molecule has 45 heavy (non-hydrogen) atoms. The third-order valence-electron chi connectivity index (χ3n) is 8.85. The van der Waals surface area contributed by atoms with Crippen LogP contribution in [0.25, 0.3) is 0 Å². The van der Waals surface area contributed by atoms with Crippen molar-refractivity contribution in [3.05, 3.63) is 12.2 Å². The Balaban J connectivity index is -0.000000408. The van der Waals surface area contributed by atoms with Crippen LogP contribution in [0, 0.1) is 5.92 Å². The second kappa shape index (κ2) is 53.2. The number of methoxy groups -OCH3 is 1. The summed E-state index contributed by atoms with van der Waals surface area (Å²) in [7, 11) is 3.25. The highest BCUT2D eigenvalue weighted by Gasteiger charge is 2.11. The first-order chi connectivity index (χ1) is 22.1. The molecule has 0 spiro atoms. The van der Waals surface area contributed by atoms with Crippen LogP contribution in [0.5, 0.6) is 0 Å². The Hall–Kier alpha value is -0.300. The van der Waals surface area contributed by atoms with Crippen LogP contribution in [0.1, 0.15) is 254 Å². The minimum absolute atomic E-state index is 0.921. The molecule has 0 bridgehead atoms. The van der Waals surface area contributed by atoms with Gasteiger partial charge in [-0.15, -0.1) is 0 Å². The molecule has 0 radical (unpaired) electrons. The lowest BCUT2D eigenvalue weighted by molar-refractivity contribution is 0.277. The smallest absolute Gasteiger partial charge is 0.0351 e. The Morgan fingerprint density at radius 3 is 0.889 bits per heavy atom. The number of allylic oxidation sites excluding steroid dienone is 1. The Kier molecular flexibility index (Phi) is 60.9. The van der Waals surface area contributed by atoms with Crippen molar-refractivity contribution in [3.8, 4) is 0 Å². The molecule has 0 amide bonds. The second-order valence-electron chi connectivity index (χ2n) is 13.7. The van der Waals surface area contributed by atoms with Crippen molar-refractivity contribution in [2.75, 3.05) is 14.2 Å².